The number of imide groups is 1. The second-order valence-corrected chi connectivity index (χ2v) is 6.92. The van der Waals surface area contributed by atoms with Crippen LogP contribution < -0.4 is 5.32 Å². The summed E-state index contributed by atoms with van der Waals surface area (Å²) in [6.45, 7) is 7.65. The van der Waals surface area contributed by atoms with Crippen LogP contribution in [0.4, 0.5) is 10.5 Å². The highest BCUT2D eigenvalue weighted by atomic mass is 16.4. The monoisotopic (exact) mass is 384 g/mol. The second kappa shape index (κ2) is 7.68. The first kappa shape index (κ1) is 19.4. The first-order valence-electron chi connectivity index (χ1n) is 8.99. The molecule has 28 heavy (non-hydrogen) atoms. The lowest BCUT2D eigenvalue weighted by molar-refractivity contribution is -0.138. The molecule has 9 nitrogen and oxygen atoms in total. The van der Waals surface area contributed by atoms with Gasteiger partial charge in [0.2, 0.25) is 0 Å². The zero-order chi connectivity index (χ0) is 20.3. The molecule has 3 rings (SSSR count). The predicted octanol–water partition coefficient (Wildman–Crippen LogP) is 1.63. The van der Waals surface area contributed by atoms with Crippen LogP contribution in [-0.4, -0.2) is 63.9 Å². The Morgan fingerprint density at radius 3 is 2.39 bits per heavy atom. The van der Waals surface area contributed by atoms with E-state index in [4.69, 9.17) is 11.7 Å². The van der Waals surface area contributed by atoms with Crippen LogP contribution >= 0.6 is 0 Å². The second-order valence-electron chi connectivity index (χ2n) is 6.92. The molecule has 0 radical (unpaired) electrons. The average Bonchev–Trinajstić information content (AvgIpc) is 2.92. The molecule has 4 amide bonds. The number of amides is 4. The van der Waals surface area contributed by atoms with Crippen LogP contribution in [0.5, 0.6) is 0 Å². The van der Waals surface area contributed by atoms with Crippen LogP contribution in [0, 0.1) is 6.57 Å². The topological polar surface area (TPSA) is 111 Å². The summed E-state index contributed by atoms with van der Waals surface area (Å²) in [5.41, 5.74) is -0.0952. The highest BCUT2D eigenvalue weighted by Crippen LogP contribution is 2.30. The van der Waals surface area contributed by atoms with Crippen molar-refractivity contribution < 1.29 is 24.3 Å². The van der Waals surface area contributed by atoms with Gasteiger partial charge in [-0.15, -0.1) is 0 Å². The number of hydrogen-bond donors (Lipinski definition) is 2. The Bertz CT molecular complexity index is 850. The first-order valence-corrected chi connectivity index (χ1v) is 8.99. The Balaban J connectivity index is 1.61. The maximum atomic E-state index is 12.7. The Labute approximate surface area is 161 Å². The van der Waals surface area contributed by atoms with E-state index in [1.807, 2.05) is 0 Å². The smallest absolute Gasteiger partial charge is 0.325 e. The summed E-state index contributed by atoms with van der Waals surface area (Å²) in [7, 11) is 0. The fraction of sp³-hybridized carbons (Fsp3) is 0.421. The largest absolute Gasteiger partial charge is 0.481 e. The van der Waals surface area contributed by atoms with Gasteiger partial charge < -0.3 is 15.3 Å². The molecule has 146 valence electrons. The molecule has 1 aromatic carbocycles. The molecule has 2 aliphatic rings. The highest BCUT2D eigenvalue weighted by molar-refractivity contribution is 6.07. The van der Waals surface area contributed by atoms with E-state index in [0.717, 1.165) is 4.90 Å². The van der Waals surface area contributed by atoms with Crippen LogP contribution in [-0.2, 0) is 9.59 Å². The molecule has 0 unspecified atom stereocenters. The lowest BCUT2D eigenvalue weighted by Gasteiger charge is -2.37. The number of hydrogen-bond acceptors (Lipinski definition) is 4. The van der Waals surface area contributed by atoms with Gasteiger partial charge in [0.15, 0.2) is 5.69 Å². The molecule has 2 aliphatic heterocycles. The number of rotatable bonds is 5. The van der Waals surface area contributed by atoms with Crippen molar-refractivity contribution in [3.05, 3.63) is 41.2 Å². The maximum absolute atomic E-state index is 12.7. The summed E-state index contributed by atoms with van der Waals surface area (Å²) >= 11 is 0. The SMILES string of the molecule is [C-]#[N+]c1ccc(C(=O)N2CCC3(CC2)NC(=O)N(CCCC(=O)O)C3=O)cc1. The molecule has 2 fully saturated rings. The number of benzene rings is 1. The highest BCUT2D eigenvalue weighted by Gasteiger charge is 2.52. The van der Waals surface area contributed by atoms with Crippen LogP contribution in [0.25, 0.3) is 4.85 Å². The fourth-order valence-corrected chi connectivity index (χ4v) is 3.56. The van der Waals surface area contributed by atoms with Gasteiger partial charge in [-0.2, -0.15) is 0 Å². The van der Waals surface area contributed by atoms with E-state index in [1.165, 1.54) is 0 Å². The van der Waals surface area contributed by atoms with Crippen LogP contribution in [0.15, 0.2) is 24.3 Å². The number of urea groups is 1. The standard InChI is InChI=1S/C19H20N4O5/c1-20-14-6-4-13(5-7-14)16(26)22-11-8-19(9-12-22)17(27)23(18(28)21-19)10-2-3-15(24)25/h4-7H,2-3,8-12H2,(H,21,28)(H,24,25). The van der Waals surface area contributed by atoms with Gasteiger partial charge in [0, 0.05) is 31.6 Å². The molecule has 0 aromatic heterocycles. The molecule has 2 heterocycles. The third-order valence-electron chi connectivity index (χ3n) is 5.17. The van der Waals surface area contributed by atoms with E-state index >= 15 is 0 Å². The number of carbonyl (C=O) groups is 4. The average molecular weight is 384 g/mol. The van der Waals surface area contributed by atoms with Gasteiger partial charge in [0.05, 0.1) is 6.57 Å². The van der Waals surface area contributed by atoms with E-state index in [1.54, 1.807) is 29.2 Å². The van der Waals surface area contributed by atoms with Crippen molar-refractivity contribution in [2.24, 2.45) is 0 Å². The molecule has 9 heteroatoms. The normalized spacial score (nSPS) is 18.1. The summed E-state index contributed by atoms with van der Waals surface area (Å²) in [6.07, 6.45) is 0.701. The number of nitrogens with one attached hydrogen (secondary N) is 1. The Hall–Kier alpha value is -3.41. The van der Waals surface area contributed by atoms with Gasteiger partial charge in [-0.1, -0.05) is 24.3 Å². The molecular formula is C19H20N4O5. The van der Waals surface area contributed by atoms with Gasteiger partial charge >= 0.3 is 12.0 Å². The van der Waals surface area contributed by atoms with Crippen molar-refractivity contribution in [3.63, 3.8) is 0 Å². The molecular weight excluding hydrogens is 364 g/mol. The molecule has 2 N–H and O–H groups in total. The minimum absolute atomic E-state index is 0.0642. The summed E-state index contributed by atoms with van der Waals surface area (Å²) in [5, 5.41) is 11.5. The quantitative estimate of drug-likeness (QED) is 0.592. The van der Waals surface area contributed by atoms with Crippen LogP contribution in [0.2, 0.25) is 0 Å². The van der Waals surface area contributed by atoms with Crippen molar-refractivity contribution in [1.29, 1.82) is 0 Å². The Morgan fingerprint density at radius 2 is 1.82 bits per heavy atom. The van der Waals surface area contributed by atoms with Gasteiger partial charge in [-0.25, -0.2) is 9.64 Å². The third kappa shape index (κ3) is 3.67. The van der Waals surface area contributed by atoms with E-state index in [9.17, 15) is 19.2 Å². The first-order chi connectivity index (χ1) is 13.4. The zero-order valence-electron chi connectivity index (χ0n) is 15.2. The number of likely N-dealkylation sites (tertiary alicyclic amines) is 1. The van der Waals surface area contributed by atoms with Gasteiger partial charge in [0.1, 0.15) is 5.54 Å². The van der Waals surface area contributed by atoms with Gasteiger partial charge in [-0.3, -0.25) is 19.3 Å². The minimum Gasteiger partial charge on any atom is -0.481 e. The van der Waals surface area contributed by atoms with Crippen LogP contribution in [0.1, 0.15) is 36.0 Å². The van der Waals surface area contributed by atoms with E-state index in [2.05, 4.69) is 10.2 Å². The maximum Gasteiger partial charge on any atom is 0.325 e. The van der Waals surface area contributed by atoms with Crippen molar-refractivity contribution in [2.75, 3.05) is 19.6 Å². The summed E-state index contributed by atoms with van der Waals surface area (Å²) < 4.78 is 0. The molecule has 0 aliphatic carbocycles. The number of carboxylic acids is 1. The lowest BCUT2D eigenvalue weighted by Crippen LogP contribution is -2.55. The number of aliphatic carboxylic acids is 1. The minimum atomic E-state index is -1.02. The van der Waals surface area contributed by atoms with E-state index in [0.29, 0.717) is 37.2 Å². The summed E-state index contributed by atoms with van der Waals surface area (Å²) in [5.74, 6) is -1.50. The van der Waals surface area contributed by atoms with Crippen molar-refractivity contribution in [1.82, 2.24) is 15.1 Å². The van der Waals surface area contributed by atoms with Crippen molar-refractivity contribution in [3.8, 4) is 0 Å². The summed E-state index contributed by atoms with van der Waals surface area (Å²) in [6, 6.07) is 5.87. The van der Waals surface area contributed by atoms with Crippen molar-refractivity contribution >= 4 is 29.5 Å². The van der Waals surface area contributed by atoms with Crippen LogP contribution in [0.3, 0.4) is 0 Å². The molecule has 1 aromatic rings. The predicted molar refractivity (Wildman–Crippen MR) is 97.7 cm³/mol. The third-order valence-corrected chi connectivity index (χ3v) is 5.17. The molecule has 0 saturated carbocycles. The fourth-order valence-electron chi connectivity index (χ4n) is 3.56. The van der Waals surface area contributed by atoms with E-state index < -0.39 is 17.5 Å². The number of piperidine rings is 1. The van der Waals surface area contributed by atoms with Crippen molar-refractivity contribution in [2.45, 2.75) is 31.2 Å². The zero-order valence-corrected chi connectivity index (χ0v) is 15.2. The Kier molecular flexibility index (Phi) is 5.31. The molecule has 0 bridgehead atoms. The summed E-state index contributed by atoms with van der Waals surface area (Å²) in [4.78, 5) is 54.2. The number of carbonyl (C=O) groups excluding carboxylic acids is 3. The van der Waals surface area contributed by atoms with Gasteiger partial charge in [0.25, 0.3) is 11.8 Å². The lowest BCUT2D eigenvalue weighted by atomic mass is 9.87. The molecule has 1 spiro atoms. The van der Waals surface area contributed by atoms with Gasteiger partial charge in [-0.05, 0) is 19.3 Å². The Morgan fingerprint density at radius 1 is 1.18 bits per heavy atom. The number of carboxylic acid groups (broad SMARTS) is 1. The van der Waals surface area contributed by atoms with E-state index in [-0.39, 0.29) is 31.2 Å². The molecule has 0 atom stereocenters. The molecule has 2 saturated heterocycles. The number of nitrogens with zero attached hydrogens (tertiary/aromatic N) is 3.